The second-order valence-corrected chi connectivity index (χ2v) is 7.65. The van der Waals surface area contributed by atoms with E-state index in [1.807, 2.05) is 77.6 Å². The molecule has 1 fully saturated rings. The number of amides is 3. The number of aromatic nitrogens is 2. The predicted octanol–water partition coefficient (Wildman–Crippen LogP) is 2.48. The zero-order valence-electron chi connectivity index (χ0n) is 16.9. The fraction of sp³-hybridized carbons (Fsp3) is 0.261. The second kappa shape index (κ2) is 8.92. The van der Waals surface area contributed by atoms with Crippen LogP contribution in [-0.4, -0.2) is 51.3 Å². The Balaban J connectivity index is 1.32. The molecule has 0 saturated carbocycles. The summed E-state index contributed by atoms with van der Waals surface area (Å²) in [6.45, 7) is 1.54. The average molecular weight is 403 g/mol. The maximum absolute atomic E-state index is 12.7. The van der Waals surface area contributed by atoms with E-state index in [2.05, 4.69) is 22.5 Å². The molecule has 1 atom stereocenters. The highest BCUT2D eigenvalue weighted by atomic mass is 16.2. The van der Waals surface area contributed by atoms with Crippen molar-refractivity contribution < 1.29 is 9.59 Å². The van der Waals surface area contributed by atoms with Crippen LogP contribution in [0.3, 0.4) is 0 Å². The van der Waals surface area contributed by atoms with Crippen molar-refractivity contribution in [3.63, 3.8) is 0 Å². The molecule has 1 aromatic heterocycles. The molecule has 7 heteroatoms. The molecular formula is C23H25N5O2. The van der Waals surface area contributed by atoms with Crippen molar-refractivity contribution in [2.75, 3.05) is 13.7 Å². The number of rotatable bonds is 8. The maximum Gasteiger partial charge on any atom is 0.325 e. The van der Waals surface area contributed by atoms with Crippen LogP contribution in [-0.2, 0) is 24.3 Å². The Morgan fingerprint density at radius 2 is 1.63 bits per heavy atom. The molecule has 3 amide bonds. The first-order valence-electron chi connectivity index (χ1n) is 9.98. The van der Waals surface area contributed by atoms with E-state index in [1.165, 1.54) is 10.5 Å². The van der Waals surface area contributed by atoms with Gasteiger partial charge in [0.25, 0.3) is 5.91 Å². The molecule has 0 radical (unpaired) electrons. The Morgan fingerprint density at radius 3 is 2.33 bits per heavy atom. The number of urea groups is 1. The molecule has 0 spiro atoms. The van der Waals surface area contributed by atoms with Gasteiger partial charge in [-0.1, -0.05) is 60.7 Å². The van der Waals surface area contributed by atoms with E-state index in [9.17, 15) is 9.59 Å². The number of nitrogens with zero attached hydrogens (tertiary/aromatic N) is 4. The molecular weight excluding hydrogens is 378 g/mol. The molecule has 7 nitrogen and oxygen atoms in total. The zero-order chi connectivity index (χ0) is 20.9. The first kappa shape index (κ1) is 19.8. The van der Waals surface area contributed by atoms with E-state index in [0.717, 1.165) is 11.1 Å². The van der Waals surface area contributed by atoms with E-state index < -0.39 is 6.04 Å². The molecule has 30 heavy (non-hydrogen) atoms. The zero-order valence-corrected chi connectivity index (χ0v) is 16.9. The van der Waals surface area contributed by atoms with Gasteiger partial charge in [0.05, 0.1) is 19.4 Å². The van der Waals surface area contributed by atoms with Gasteiger partial charge in [0.2, 0.25) is 0 Å². The molecule has 4 rings (SSSR count). The summed E-state index contributed by atoms with van der Waals surface area (Å²) >= 11 is 0. The first-order valence-corrected chi connectivity index (χ1v) is 9.98. The highest BCUT2D eigenvalue weighted by molar-refractivity contribution is 6.04. The normalized spacial score (nSPS) is 16.3. The van der Waals surface area contributed by atoms with Gasteiger partial charge in [-0.15, -0.1) is 0 Å². The van der Waals surface area contributed by atoms with Crippen LogP contribution in [0.2, 0.25) is 0 Å². The topological polar surface area (TPSA) is 70.5 Å². The monoisotopic (exact) mass is 403 g/mol. The van der Waals surface area contributed by atoms with Crippen LogP contribution < -0.4 is 5.32 Å². The largest absolute Gasteiger partial charge is 0.325 e. The minimum atomic E-state index is -0.512. The van der Waals surface area contributed by atoms with Crippen LogP contribution in [0.15, 0.2) is 73.1 Å². The summed E-state index contributed by atoms with van der Waals surface area (Å²) in [5, 5.41) is 7.21. The molecule has 2 aromatic carbocycles. The number of imide groups is 1. The lowest BCUT2D eigenvalue weighted by Crippen LogP contribution is -2.40. The van der Waals surface area contributed by atoms with Crippen molar-refractivity contribution in [1.82, 2.24) is 24.9 Å². The molecule has 154 valence electrons. The van der Waals surface area contributed by atoms with E-state index in [-0.39, 0.29) is 18.6 Å². The van der Waals surface area contributed by atoms with Crippen LogP contribution in [0, 0.1) is 0 Å². The number of carbonyl (C=O) groups excluding carboxylic acids is 2. The summed E-state index contributed by atoms with van der Waals surface area (Å²) in [5.41, 5.74) is 3.24. The van der Waals surface area contributed by atoms with Crippen molar-refractivity contribution in [3.8, 4) is 0 Å². The SMILES string of the molecule is CN(Cc1cnn(Cc2ccccc2)c1)CN1C(=O)N[C@H](Cc2ccccc2)C1=O. The first-order chi connectivity index (χ1) is 14.6. The predicted molar refractivity (Wildman–Crippen MR) is 113 cm³/mol. The summed E-state index contributed by atoms with van der Waals surface area (Å²) in [6, 6.07) is 19.0. The van der Waals surface area contributed by atoms with Gasteiger partial charge < -0.3 is 5.32 Å². The van der Waals surface area contributed by atoms with E-state index in [4.69, 9.17) is 0 Å². The van der Waals surface area contributed by atoms with E-state index >= 15 is 0 Å². The summed E-state index contributed by atoms with van der Waals surface area (Å²) in [5.74, 6) is -0.185. The Labute approximate surface area is 175 Å². The fourth-order valence-electron chi connectivity index (χ4n) is 3.65. The highest BCUT2D eigenvalue weighted by Crippen LogP contribution is 2.14. The molecule has 0 unspecified atom stereocenters. The van der Waals surface area contributed by atoms with Gasteiger partial charge >= 0.3 is 6.03 Å². The van der Waals surface area contributed by atoms with Crippen molar-refractivity contribution >= 4 is 11.9 Å². The lowest BCUT2D eigenvalue weighted by Gasteiger charge is -2.21. The van der Waals surface area contributed by atoms with Gasteiger partial charge in [-0.25, -0.2) is 9.69 Å². The molecule has 3 aromatic rings. The number of carbonyl (C=O) groups is 2. The molecule has 1 saturated heterocycles. The molecule has 1 aliphatic rings. The van der Waals surface area contributed by atoms with Gasteiger partial charge in [0.1, 0.15) is 6.04 Å². The van der Waals surface area contributed by atoms with Gasteiger partial charge in [-0.05, 0) is 18.2 Å². The smallest absolute Gasteiger partial charge is 0.325 e. The Hall–Kier alpha value is -3.45. The lowest BCUT2D eigenvalue weighted by molar-refractivity contribution is -0.128. The van der Waals surface area contributed by atoms with E-state index in [1.54, 1.807) is 0 Å². The summed E-state index contributed by atoms with van der Waals surface area (Å²) in [4.78, 5) is 28.3. The summed E-state index contributed by atoms with van der Waals surface area (Å²) < 4.78 is 1.89. The minimum absolute atomic E-state index is 0.185. The number of benzene rings is 2. The second-order valence-electron chi connectivity index (χ2n) is 7.65. The van der Waals surface area contributed by atoms with Gasteiger partial charge in [0.15, 0.2) is 0 Å². The van der Waals surface area contributed by atoms with Gasteiger partial charge in [-0.2, -0.15) is 5.10 Å². The van der Waals surface area contributed by atoms with Gasteiger partial charge in [0, 0.05) is 24.7 Å². The van der Waals surface area contributed by atoms with Crippen LogP contribution in [0.5, 0.6) is 0 Å². The van der Waals surface area contributed by atoms with Crippen molar-refractivity contribution in [1.29, 1.82) is 0 Å². The quantitative estimate of drug-likeness (QED) is 0.587. The van der Waals surface area contributed by atoms with Crippen LogP contribution in [0.25, 0.3) is 0 Å². The molecule has 1 N–H and O–H groups in total. The highest BCUT2D eigenvalue weighted by Gasteiger charge is 2.38. The molecule has 0 aliphatic carbocycles. The molecule has 2 heterocycles. The standard InChI is InChI=1S/C23H25N5O2/c1-26(14-20-13-24-27(16-20)15-19-10-6-3-7-11-19)17-28-22(29)21(25-23(28)30)12-18-8-4-2-5-9-18/h2-11,13,16,21H,12,14-15,17H2,1H3,(H,25,30)/t21-/m1/s1. The molecule has 0 bridgehead atoms. The van der Waals surface area contributed by atoms with Crippen LogP contribution in [0.4, 0.5) is 4.79 Å². The van der Waals surface area contributed by atoms with Crippen molar-refractivity contribution in [3.05, 3.63) is 89.7 Å². The van der Waals surface area contributed by atoms with Crippen molar-refractivity contribution in [2.45, 2.75) is 25.6 Å². The fourth-order valence-corrected chi connectivity index (χ4v) is 3.65. The third-order valence-corrected chi connectivity index (χ3v) is 5.10. The van der Waals surface area contributed by atoms with Crippen LogP contribution >= 0.6 is 0 Å². The third kappa shape index (κ3) is 4.75. The number of nitrogens with one attached hydrogen (secondary N) is 1. The Bertz CT molecular complexity index is 1000. The maximum atomic E-state index is 12.7. The van der Waals surface area contributed by atoms with Crippen molar-refractivity contribution in [2.24, 2.45) is 0 Å². The van der Waals surface area contributed by atoms with Crippen LogP contribution in [0.1, 0.15) is 16.7 Å². The Morgan fingerprint density at radius 1 is 0.967 bits per heavy atom. The Kier molecular flexibility index (Phi) is 5.90. The summed E-state index contributed by atoms with van der Waals surface area (Å²) in [7, 11) is 1.89. The number of hydrogen-bond donors (Lipinski definition) is 1. The third-order valence-electron chi connectivity index (χ3n) is 5.10. The van der Waals surface area contributed by atoms with E-state index in [0.29, 0.717) is 19.5 Å². The van der Waals surface area contributed by atoms with Gasteiger partial charge in [-0.3, -0.25) is 14.4 Å². The average Bonchev–Trinajstić information content (AvgIpc) is 3.28. The molecule has 1 aliphatic heterocycles. The number of hydrogen-bond acceptors (Lipinski definition) is 4. The lowest BCUT2D eigenvalue weighted by atomic mass is 10.1. The minimum Gasteiger partial charge on any atom is -0.325 e. The summed E-state index contributed by atoms with van der Waals surface area (Å²) in [6.07, 6.45) is 4.31.